The van der Waals surface area contributed by atoms with Gasteiger partial charge in [0.25, 0.3) is 0 Å². The van der Waals surface area contributed by atoms with E-state index in [1.165, 1.54) is 11.8 Å². The summed E-state index contributed by atoms with van der Waals surface area (Å²) < 4.78 is 32.5. The van der Waals surface area contributed by atoms with Crippen LogP contribution in [-0.4, -0.2) is 32.0 Å². The first-order valence-electron chi connectivity index (χ1n) is 12.6. The SMILES string of the molecule is CCCCC1(CCCC)CC(c2ccccc2)c2cc(SC)c(O/C(C)=C/C(=O)O)cc2S(O)(O)N1. The predicted octanol–water partition coefficient (Wildman–Crippen LogP) is 8.04. The first-order chi connectivity index (χ1) is 17.1. The third-order valence-corrected chi connectivity index (χ3v) is 9.19. The lowest BCUT2D eigenvalue weighted by atomic mass is 9.75. The van der Waals surface area contributed by atoms with Gasteiger partial charge in [-0.2, -0.15) is 0 Å². The van der Waals surface area contributed by atoms with E-state index in [-0.39, 0.29) is 11.7 Å². The second-order valence-electron chi connectivity index (χ2n) is 9.54. The summed E-state index contributed by atoms with van der Waals surface area (Å²) in [5.74, 6) is -0.499. The van der Waals surface area contributed by atoms with Crippen LogP contribution in [0.2, 0.25) is 0 Å². The highest BCUT2D eigenvalue weighted by Crippen LogP contribution is 2.58. The molecule has 8 heteroatoms. The minimum atomic E-state index is -3.37. The molecule has 0 bridgehead atoms. The topological polar surface area (TPSA) is 99.0 Å². The van der Waals surface area contributed by atoms with Crippen LogP contribution in [0.4, 0.5) is 0 Å². The van der Waals surface area contributed by atoms with Gasteiger partial charge in [0.05, 0.1) is 15.9 Å². The summed E-state index contributed by atoms with van der Waals surface area (Å²) in [6, 6.07) is 13.9. The molecule has 1 aliphatic rings. The maximum atomic E-state index is 11.6. The van der Waals surface area contributed by atoms with Crippen LogP contribution in [0.1, 0.15) is 82.8 Å². The van der Waals surface area contributed by atoms with Crippen molar-refractivity contribution < 1.29 is 23.7 Å². The summed E-state index contributed by atoms with van der Waals surface area (Å²) in [6.07, 6.45) is 9.45. The van der Waals surface area contributed by atoms with E-state index in [9.17, 15) is 13.9 Å². The molecule has 1 unspecified atom stereocenters. The number of hydrogen-bond acceptors (Lipinski definition) is 6. The fourth-order valence-electron chi connectivity index (χ4n) is 5.04. The number of ether oxygens (including phenoxy) is 1. The Kier molecular flexibility index (Phi) is 9.94. The lowest BCUT2D eigenvalue weighted by molar-refractivity contribution is -0.131. The fourth-order valence-corrected chi connectivity index (χ4v) is 7.38. The largest absolute Gasteiger partial charge is 0.478 e. The maximum absolute atomic E-state index is 11.6. The van der Waals surface area contributed by atoms with E-state index >= 15 is 0 Å². The van der Waals surface area contributed by atoms with Crippen LogP contribution in [0.5, 0.6) is 5.75 Å². The molecule has 0 saturated heterocycles. The lowest BCUT2D eigenvalue weighted by Crippen LogP contribution is -2.46. The van der Waals surface area contributed by atoms with Crippen LogP contribution in [0.25, 0.3) is 0 Å². The second kappa shape index (κ2) is 12.5. The number of nitrogens with one attached hydrogen (secondary N) is 1. The zero-order chi connectivity index (χ0) is 26.3. The third kappa shape index (κ3) is 6.86. The molecule has 0 spiro atoms. The van der Waals surface area contributed by atoms with Crippen molar-refractivity contribution in [3.63, 3.8) is 0 Å². The van der Waals surface area contributed by atoms with Crippen LogP contribution < -0.4 is 9.46 Å². The minimum absolute atomic E-state index is 0.0355. The fraction of sp³-hybridized carbons (Fsp3) is 0.464. The Hall–Kier alpha value is -1.97. The number of unbranched alkanes of at least 4 members (excludes halogenated alkanes) is 2. The van der Waals surface area contributed by atoms with Gasteiger partial charge in [-0.1, -0.05) is 69.9 Å². The van der Waals surface area contributed by atoms with Crippen molar-refractivity contribution in [1.82, 2.24) is 4.72 Å². The van der Waals surface area contributed by atoms with E-state index in [4.69, 9.17) is 9.84 Å². The lowest BCUT2D eigenvalue weighted by Gasteiger charge is -2.43. The van der Waals surface area contributed by atoms with Gasteiger partial charge in [0, 0.05) is 17.5 Å². The number of fused-ring (bicyclic) bond motifs is 1. The quantitative estimate of drug-likeness (QED) is 0.132. The number of aliphatic carboxylic acids is 1. The number of allylic oxidation sites excluding steroid dienone is 1. The van der Waals surface area contributed by atoms with Crippen molar-refractivity contribution in [3.05, 3.63) is 65.4 Å². The summed E-state index contributed by atoms with van der Waals surface area (Å²) in [4.78, 5) is 12.4. The van der Waals surface area contributed by atoms with Crippen LogP contribution in [0.15, 0.2) is 64.1 Å². The molecular weight excluding hydrogens is 494 g/mol. The third-order valence-electron chi connectivity index (χ3n) is 6.75. The number of carboxylic acids is 1. The van der Waals surface area contributed by atoms with Gasteiger partial charge in [-0.3, -0.25) is 9.11 Å². The molecule has 1 atom stereocenters. The van der Waals surface area contributed by atoms with Gasteiger partial charge >= 0.3 is 5.97 Å². The highest BCUT2D eigenvalue weighted by molar-refractivity contribution is 8.22. The number of rotatable bonds is 11. The maximum Gasteiger partial charge on any atom is 0.331 e. The number of benzene rings is 2. The number of carbonyl (C=O) groups is 1. The monoisotopic (exact) mass is 533 g/mol. The molecule has 198 valence electrons. The van der Waals surface area contributed by atoms with E-state index < -0.39 is 22.3 Å². The van der Waals surface area contributed by atoms with E-state index in [0.29, 0.717) is 10.6 Å². The summed E-state index contributed by atoms with van der Waals surface area (Å²) in [6.45, 7) is 5.90. The smallest absolute Gasteiger partial charge is 0.331 e. The predicted molar refractivity (Wildman–Crippen MR) is 149 cm³/mol. The number of carboxylic acid groups (broad SMARTS) is 1. The van der Waals surface area contributed by atoms with E-state index in [0.717, 1.165) is 67.0 Å². The molecular formula is C28H39NO5S2. The summed E-state index contributed by atoms with van der Waals surface area (Å²) in [5, 5.41) is 9.11. The highest BCUT2D eigenvalue weighted by Gasteiger charge is 2.43. The second-order valence-corrected chi connectivity index (χ2v) is 12.1. The minimum Gasteiger partial charge on any atom is -0.478 e. The first kappa shape index (κ1) is 28.6. The molecule has 6 nitrogen and oxygen atoms in total. The molecule has 1 heterocycles. The normalized spacial score (nSPS) is 19.7. The summed E-state index contributed by atoms with van der Waals surface area (Å²) >= 11 is 1.49. The Morgan fingerprint density at radius 3 is 2.36 bits per heavy atom. The zero-order valence-electron chi connectivity index (χ0n) is 21.6. The van der Waals surface area contributed by atoms with E-state index in [2.05, 4.69) is 30.7 Å². The molecule has 0 amide bonds. The van der Waals surface area contributed by atoms with Gasteiger partial charge in [-0.05, 0) is 49.6 Å². The van der Waals surface area contributed by atoms with Crippen molar-refractivity contribution in [2.24, 2.45) is 0 Å². The Balaban J connectivity index is 2.22. The highest BCUT2D eigenvalue weighted by atomic mass is 32.3. The van der Waals surface area contributed by atoms with Crippen LogP contribution in [0, 0.1) is 0 Å². The average molecular weight is 534 g/mol. The van der Waals surface area contributed by atoms with Crippen molar-refractivity contribution in [3.8, 4) is 5.75 Å². The van der Waals surface area contributed by atoms with Crippen LogP contribution in [-0.2, 0) is 4.79 Å². The van der Waals surface area contributed by atoms with Gasteiger partial charge < -0.3 is 9.84 Å². The Morgan fingerprint density at radius 1 is 1.17 bits per heavy atom. The zero-order valence-corrected chi connectivity index (χ0v) is 23.3. The molecule has 0 aromatic heterocycles. The Morgan fingerprint density at radius 2 is 1.81 bits per heavy atom. The molecule has 3 rings (SSSR count). The van der Waals surface area contributed by atoms with Gasteiger partial charge in [0.1, 0.15) is 11.5 Å². The Bertz CT molecular complexity index is 1060. The molecule has 0 aliphatic carbocycles. The first-order valence-corrected chi connectivity index (χ1v) is 15.3. The summed E-state index contributed by atoms with van der Waals surface area (Å²) in [5.41, 5.74) is 1.59. The number of hydrogen-bond donors (Lipinski definition) is 4. The van der Waals surface area contributed by atoms with Crippen molar-refractivity contribution in [1.29, 1.82) is 0 Å². The molecule has 0 fully saturated rings. The van der Waals surface area contributed by atoms with Gasteiger partial charge in [-0.15, -0.1) is 22.5 Å². The molecule has 2 aromatic rings. The molecule has 0 saturated carbocycles. The summed E-state index contributed by atoms with van der Waals surface area (Å²) in [7, 11) is -3.37. The van der Waals surface area contributed by atoms with Crippen LogP contribution >= 0.6 is 22.5 Å². The van der Waals surface area contributed by atoms with Crippen molar-refractivity contribution in [2.75, 3.05) is 6.26 Å². The van der Waals surface area contributed by atoms with Gasteiger partial charge in [-0.25, -0.2) is 9.52 Å². The van der Waals surface area contributed by atoms with E-state index in [1.54, 1.807) is 13.0 Å². The Labute approximate surface area is 221 Å². The average Bonchev–Trinajstić information content (AvgIpc) is 2.93. The molecule has 36 heavy (non-hydrogen) atoms. The van der Waals surface area contributed by atoms with Gasteiger partial charge in [0.2, 0.25) is 0 Å². The van der Waals surface area contributed by atoms with E-state index in [1.807, 2.05) is 30.5 Å². The molecule has 4 N–H and O–H groups in total. The number of thioether (sulfide) groups is 1. The standard InChI is InChI=1S/C28H39NO5S2/c1-5-7-14-28(15-8-6-2)19-23(21-12-10-9-11-13-21)22-17-25(35-4)24(34-20(3)16-27(30)31)18-26(22)36(32,33)29-28/h9-13,16-18,23,29,32-33H,5-8,14-15,19H2,1-4H3,(H,30,31)/b20-16+. The van der Waals surface area contributed by atoms with Crippen molar-refractivity contribution in [2.45, 2.75) is 87.0 Å². The molecule has 0 radical (unpaired) electrons. The van der Waals surface area contributed by atoms with Gasteiger partial charge in [0.15, 0.2) is 0 Å². The molecule has 2 aromatic carbocycles. The van der Waals surface area contributed by atoms with Crippen LogP contribution in [0.3, 0.4) is 0 Å². The molecule has 1 aliphatic heterocycles. The van der Waals surface area contributed by atoms with Crippen molar-refractivity contribution >= 4 is 28.5 Å².